The lowest BCUT2D eigenvalue weighted by Crippen LogP contribution is -2.41. The summed E-state index contributed by atoms with van der Waals surface area (Å²) in [6.07, 6.45) is 5.60. The van der Waals surface area contributed by atoms with Gasteiger partial charge in [-0.3, -0.25) is 0 Å². The van der Waals surface area contributed by atoms with Crippen molar-refractivity contribution in [1.29, 1.82) is 0 Å². The Morgan fingerprint density at radius 3 is 2.64 bits per heavy atom. The van der Waals surface area contributed by atoms with Gasteiger partial charge in [-0.25, -0.2) is 4.98 Å². The molecule has 1 saturated carbocycles. The number of hydrogen-bond donors (Lipinski definition) is 1. The molecule has 0 aliphatic heterocycles. The zero-order valence-electron chi connectivity index (χ0n) is 7.98. The zero-order chi connectivity index (χ0) is 10.2. The summed E-state index contributed by atoms with van der Waals surface area (Å²) in [5.41, 5.74) is 0.253. The van der Waals surface area contributed by atoms with Gasteiger partial charge in [-0.15, -0.1) is 0 Å². The molecule has 1 aliphatic carbocycles. The lowest BCUT2D eigenvalue weighted by molar-refractivity contribution is 0.305. The fraction of sp³-hybridized carbons (Fsp3) is 0.500. The van der Waals surface area contributed by atoms with E-state index >= 15 is 0 Å². The second kappa shape index (κ2) is 3.81. The number of anilines is 1. The molecule has 0 unspecified atom stereocenters. The molecular formula is C10H12Br2N2. The predicted octanol–water partition coefficient (Wildman–Crippen LogP) is 3.96. The normalized spacial score (nSPS) is 18.8. The highest BCUT2D eigenvalue weighted by molar-refractivity contribution is 9.11. The van der Waals surface area contributed by atoms with Crippen molar-refractivity contribution in [2.45, 2.75) is 31.7 Å². The van der Waals surface area contributed by atoms with Crippen LogP contribution in [-0.4, -0.2) is 10.5 Å². The lowest BCUT2D eigenvalue weighted by Gasteiger charge is -2.39. The van der Waals surface area contributed by atoms with Crippen molar-refractivity contribution < 1.29 is 0 Å². The van der Waals surface area contributed by atoms with E-state index in [0.29, 0.717) is 0 Å². The van der Waals surface area contributed by atoms with E-state index in [1.165, 1.54) is 19.3 Å². The molecule has 1 aliphatic rings. The van der Waals surface area contributed by atoms with Crippen molar-refractivity contribution in [3.63, 3.8) is 0 Å². The Morgan fingerprint density at radius 1 is 1.43 bits per heavy atom. The van der Waals surface area contributed by atoms with E-state index in [4.69, 9.17) is 0 Å². The number of rotatable bonds is 2. The van der Waals surface area contributed by atoms with Crippen LogP contribution < -0.4 is 5.32 Å². The molecule has 2 rings (SSSR count). The maximum absolute atomic E-state index is 4.34. The van der Waals surface area contributed by atoms with E-state index < -0.39 is 0 Å². The minimum absolute atomic E-state index is 0.253. The number of halogens is 2. The molecule has 0 bridgehead atoms. The molecule has 1 aromatic heterocycles. The van der Waals surface area contributed by atoms with E-state index in [9.17, 15) is 0 Å². The Morgan fingerprint density at radius 2 is 2.14 bits per heavy atom. The predicted molar refractivity (Wildman–Crippen MR) is 65.5 cm³/mol. The molecule has 1 N–H and O–H groups in total. The first kappa shape index (κ1) is 10.4. The van der Waals surface area contributed by atoms with Gasteiger partial charge in [0, 0.05) is 16.2 Å². The van der Waals surface area contributed by atoms with Crippen molar-refractivity contribution in [2.24, 2.45) is 0 Å². The van der Waals surface area contributed by atoms with Crippen LogP contribution in [0.5, 0.6) is 0 Å². The van der Waals surface area contributed by atoms with Gasteiger partial charge in [-0.2, -0.15) is 0 Å². The number of aromatic nitrogens is 1. The molecule has 0 amide bonds. The van der Waals surface area contributed by atoms with E-state index in [1.54, 1.807) is 0 Å². The molecule has 1 fully saturated rings. The highest BCUT2D eigenvalue weighted by atomic mass is 79.9. The Labute approximate surface area is 101 Å². The number of nitrogens with one attached hydrogen (secondary N) is 1. The summed E-state index contributed by atoms with van der Waals surface area (Å²) in [7, 11) is 0. The fourth-order valence-corrected chi connectivity index (χ4v) is 2.71. The highest BCUT2D eigenvalue weighted by Crippen LogP contribution is 2.36. The number of nitrogens with zero attached hydrogens (tertiary/aromatic N) is 1. The van der Waals surface area contributed by atoms with Crippen molar-refractivity contribution in [3.05, 3.63) is 21.2 Å². The van der Waals surface area contributed by atoms with Gasteiger partial charge in [0.1, 0.15) is 5.82 Å². The van der Waals surface area contributed by atoms with Gasteiger partial charge in [0.05, 0.1) is 4.47 Å². The topological polar surface area (TPSA) is 24.9 Å². The summed E-state index contributed by atoms with van der Waals surface area (Å²) in [4.78, 5) is 4.34. The molecule has 0 saturated heterocycles. The lowest BCUT2D eigenvalue weighted by atomic mass is 9.78. The summed E-state index contributed by atoms with van der Waals surface area (Å²) in [5.74, 6) is 0.940. The molecule has 0 spiro atoms. The van der Waals surface area contributed by atoms with Crippen LogP contribution >= 0.6 is 31.9 Å². The van der Waals surface area contributed by atoms with Crippen molar-refractivity contribution in [3.8, 4) is 0 Å². The highest BCUT2D eigenvalue weighted by Gasteiger charge is 2.32. The number of pyridine rings is 1. The molecule has 0 atom stereocenters. The average molecular weight is 320 g/mol. The van der Waals surface area contributed by atoms with Crippen molar-refractivity contribution in [2.75, 3.05) is 5.32 Å². The molecule has 1 heterocycles. The van der Waals surface area contributed by atoms with Gasteiger partial charge in [0.25, 0.3) is 0 Å². The van der Waals surface area contributed by atoms with Gasteiger partial charge in [-0.1, -0.05) is 0 Å². The maximum atomic E-state index is 4.34. The monoisotopic (exact) mass is 318 g/mol. The zero-order valence-corrected chi connectivity index (χ0v) is 11.2. The molecule has 76 valence electrons. The van der Waals surface area contributed by atoms with Crippen LogP contribution in [0.4, 0.5) is 5.82 Å². The van der Waals surface area contributed by atoms with E-state index in [1.807, 2.05) is 12.3 Å². The first-order chi connectivity index (χ1) is 6.59. The maximum Gasteiger partial charge on any atom is 0.140 e. The third-order valence-electron chi connectivity index (χ3n) is 2.69. The summed E-state index contributed by atoms with van der Waals surface area (Å²) in [5, 5.41) is 3.47. The van der Waals surface area contributed by atoms with Crippen LogP contribution in [0.2, 0.25) is 0 Å². The molecular weight excluding hydrogens is 308 g/mol. The van der Waals surface area contributed by atoms with Gasteiger partial charge >= 0.3 is 0 Å². The van der Waals surface area contributed by atoms with Crippen LogP contribution in [0, 0.1) is 0 Å². The standard InChI is InChI=1S/C10H12Br2N2/c1-10(3-2-4-10)14-9-8(12)5-7(11)6-13-9/h5-6H,2-4H2,1H3,(H,13,14). The first-order valence-electron chi connectivity index (χ1n) is 4.68. The van der Waals surface area contributed by atoms with Crippen LogP contribution in [-0.2, 0) is 0 Å². The minimum Gasteiger partial charge on any atom is -0.364 e. The quantitative estimate of drug-likeness (QED) is 0.892. The van der Waals surface area contributed by atoms with E-state index in [2.05, 4.69) is 49.1 Å². The third kappa shape index (κ3) is 2.11. The summed E-state index contributed by atoms with van der Waals surface area (Å²) < 4.78 is 2.01. The van der Waals surface area contributed by atoms with Crippen molar-refractivity contribution in [1.82, 2.24) is 4.98 Å². The third-order valence-corrected chi connectivity index (χ3v) is 3.72. The van der Waals surface area contributed by atoms with Gasteiger partial charge in [0.2, 0.25) is 0 Å². The van der Waals surface area contributed by atoms with Gasteiger partial charge in [-0.05, 0) is 64.1 Å². The first-order valence-corrected chi connectivity index (χ1v) is 6.27. The summed E-state index contributed by atoms with van der Waals surface area (Å²) in [6.45, 7) is 2.24. The Balaban J connectivity index is 2.16. The molecule has 2 nitrogen and oxygen atoms in total. The van der Waals surface area contributed by atoms with Gasteiger partial charge in [0.15, 0.2) is 0 Å². The largest absolute Gasteiger partial charge is 0.364 e. The average Bonchev–Trinajstić information content (AvgIpc) is 2.07. The number of hydrogen-bond acceptors (Lipinski definition) is 2. The summed E-state index contributed by atoms with van der Waals surface area (Å²) >= 11 is 6.88. The second-order valence-electron chi connectivity index (χ2n) is 4.02. The Bertz CT molecular complexity index is 348. The Hall–Kier alpha value is -0.0900. The van der Waals surface area contributed by atoms with Gasteiger partial charge < -0.3 is 5.32 Å². The molecule has 1 aromatic rings. The molecule has 0 aromatic carbocycles. The smallest absolute Gasteiger partial charge is 0.140 e. The molecule has 14 heavy (non-hydrogen) atoms. The van der Waals surface area contributed by atoms with Crippen LogP contribution in [0.1, 0.15) is 26.2 Å². The van der Waals surface area contributed by atoms with Crippen molar-refractivity contribution >= 4 is 37.7 Å². The van der Waals surface area contributed by atoms with E-state index in [0.717, 1.165) is 14.8 Å². The fourth-order valence-electron chi connectivity index (χ4n) is 1.62. The second-order valence-corrected chi connectivity index (χ2v) is 5.79. The van der Waals surface area contributed by atoms with Crippen LogP contribution in [0.15, 0.2) is 21.2 Å². The Kier molecular flexibility index (Phi) is 2.84. The van der Waals surface area contributed by atoms with Crippen LogP contribution in [0.25, 0.3) is 0 Å². The molecule has 0 radical (unpaired) electrons. The SMILES string of the molecule is CC1(Nc2ncc(Br)cc2Br)CCC1. The van der Waals surface area contributed by atoms with Crippen LogP contribution in [0.3, 0.4) is 0 Å². The van der Waals surface area contributed by atoms with E-state index in [-0.39, 0.29) is 5.54 Å². The minimum atomic E-state index is 0.253. The molecule has 4 heteroatoms. The summed E-state index contributed by atoms with van der Waals surface area (Å²) in [6, 6.07) is 2.01.